The van der Waals surface area contributed by atoms with Crippen molar-refractivity contribution in [3.05, 3.63) is 36.1 Å². The van der Waals surface area contributed by atoms with Crippen molar-refractivity contribution in [2.24, 2.45) is 5.92 Å². The lowest BCUT2D eigenvalue weighted by Gasteiger charge is -2.29. The molecule has 3 aromatic rings. The van der Waals surface area contributed by atoms with Crippen LogP contribution in [0.5, 0.6) is 0 Å². The molecular weight excluding hydrogens is 422 g/mol. The zero-order valence-electron chi connectivity index (χ0n) is 15.6. The maximum atomic E-state index is 13.4. The predicted molar refractivity (Wildman–Crippen MR) is 106 cm³/mol. The molecule has 2 atom stereocenters. The minimum atomic E-state index is -4.94. The van der Waals surface area contributed by atoms with Gasteiger partial charge in [0, 0.05) is 17.3 Å². The normalized spacial score (nSPS) is 19.7. The summed E-state index contributed by atoms with van der Waals surface area (Å²) in [6, 6.07) is 7.23. The molecule has 0 unspecified atom stereocenters. The summed E-state index contributed by atoms with van der Waals surface area (Å²) in [7, 11) is 0. The fourth-order valence-corrected chi connectivity index (χ4v) is 4.78. The molecule has 0 aliphatic heterocycles. The van der Waals surface area contributed by atoms with Crippen molar-refractivity contribution >= 4 is 49.3 Å². The molecule has 1 aliphatic carbocycles. The van der Waals surface area contributed by atoms with E-state index in [-0.39, 0.29) is 18.1 Å². The molecule has 1 aliphatic rings. The van der Waals surface area contributed by atoms with Crippen LogP contribution in [0.1, 0.15) is 25.7 Å². The van der Waals surface area contributed by atoms with E-state index in [1.165, 1.54) is 23.5 Å². The van der Waals surface area contributed by atoms with Crippen molar-refractivity contribution in [2.45, 2.75) is 37.9 Å². The number of nitrogens with zero attached hydrogens (tertiary/aromatic N) is 1. The van der Waals surface area contributed by atoms with Gasteiger partial charge in [-0.1, -0.05) is 23.8 Å². The van der Waals surface area contributed by atoms with Crippen LogP contribution in [0, 0.1) is 11.7 Å². The number of thiazole rings is 1. The molecule has 2 aromatic carbocycles. The molecule has 10 heteroatoms. The molecule has 5 nitrogen and oxygen atoms in total. The number of fused-ring (bicyclic) bond motifs is 3. The summed E-state index contributed by atoms with van der Waals surface area (Å²) in [6.45, 7) is 0. The second-order valence-corrected chi connectivity index (χ2v) is 8.32. The van der Waals surface area contributed by atoms with E-state index in [1.807, 2.05) is 5.32 Å². The van der Waals surface area contributed by atoms with Crippen LogP contribution >= 0.6 is 11.3 Å². The molecule has 0 saturated heterocycles. The van der Waals surface area contributed by atoms with Crippen LogP contribution < -0.4 is 10.6 Å². The van der Waals surface area contributed by atoms with Crippen molar-refractivity contribution in [3.8, 4) is 0 Å². The summed E-state index contributed by atoms with van der Waals surface area (Å²) in [5.41, 5.74) is 0.661. The van der Waals surface area contributed by atoms with Crippen LogP contribution in [0.2, 0.25) is 0 Å². The lowest BCUT2D eigenvalue weighted by molar-refractivity contribution is -0.174. The average molecular weight is 439 g/mol. The van der Waals surface area contributed by atoms with Crippen LogP contribution in [0.25, 0.3) is 21.0 Å². The summed E-state index contributed by atoms with van der Waals surface area (Å²) in [5, 5.41) is 6.62. The Morgan fingerprint density at radius 2 is 1.93 bits per heavy atom. The van der Waals surface area contributed by atoms with Gasteiger partial charge in [0.15, 0.2) is 5.13 Å². The third-order valence-corrected chi connectivity index (χ3v) is 6.22. The monoisotopic (exact) mass is 439 g/mol. The minimum Gasteiger partial charge on any atom is -0.346 e. The van der Waals surface area contributed by atoms with Crippen molar-refractivity contribution in [3.63, 3.8) is 0 Å². The summed E-state index contributed by atoms with van der Waals surface area (Å²) in [4.78, 5) is 28.2. The number of anilines is 1. The van der Waals surface area contributed by atoms with Gasteiger partial charge in [0.1, 0.15) is 5.82 Å². The summed E-state index contributed by atoms with van der Waals surface area (Å²) in [6.07, 6.45) is -3.34. The summed E-state index contributed by atoms with van der Waals surface area (Å²) < 4.78 is 51.6. The molecule has 158 valence electrons. The molecule has 0 bridgehead atoms. The van der Waals surface area contributed by atoms with E-state index < -0.39 is 24.0 Å². The van der Waals surface area contributed by atoms with E-state index in [1.54, 1.807) is 18.2 Å². The average Bonchev–Trinajstić information content (AvgIpc) is 3.10. The maximum absolute atomic E-state index is 13.4. The molecule has 1 fully saturated rings. The number of alkyl halides is 3. The highest BCUT2D eigenvalue weighted by Gasteiger charge is 2.40. The Kier molecular flexibility index (Phi) is 5.35. The van der Waals surface area contributed by atoms with E-state index >= 15 is 0 Å². The quantitative estimate of drug-likeness (QED) is 0.578. The van der Waals surface area contributed by atoms with E-state index in [0.29, 0.717) is 29.9 Å². The SMILES string of the molecule is O=C(Nc1nc2ccc3cc(F)ccc3c2s1)[C@H]1CCC[C@H](NC(=O)C(F)(F)F)C1. The number of carbonyl (C=O) groups is 2. The fraction of sp³-hybridized carbons (Fsp3) is 0.350. The highest BCUT2D eigenvalue weighted by atomic mass is 32.1. The Morgan fingerprint density at radius 3 is 2.70 bits per heavy atom. The molecule has 2 N–H and O–H groups in total. The number of halogens is 4. The molecule has 30 heavy (non-hydrogen) atoms. The Morgan fingerprint density at radius 1 is 1.13 bits per heavy atom. The predicted octanol–water partition coefficient (Wildman–Crippen LogP) is 4.76. The molecule has 1 heterocycles. The Labute approximate surface area is 172 Å². The number of nitrogens with one attached hydrogen (secondary N) is 2. The van der Waals surface area contributed by atoms with Gasteiger partial charge in [-0.15, -0.1) is 0 Å². The van der Waals surface area contributed by atoms with E-state index in [0.717, 1.165) is 15.5 Å². The largest absolute Gasteiger partial charge is 0.471 e. The molecular formula is C20H17F4N3O2S. The van der Waals surface area contributed by atoms with Crippen molar-refractivity contribution in [1.82, 2.24) is 10.3 Å². The van der Waals surface area contributed by atoms with E-state index in [2.05, 4.69) is 10.3 Å². The van der Waals surface area contributed by atoms with Gasteiger partial charge in [-0.05, 0) is 48.9 Å². The molecule has 1 aromatic heterocycles. The first-order valence-electron chi connectivity index (χ1n) is 9.38. The molecule has 2 amide bonds. The first-order chi connectivity index (χ1) is 14.2. The zero-order chi connectivity index (χ0) is 21.5. The summed E-state index contributed by atoms with van der Waals surface area (Å²) >= 11 is 1.26. The Hall–Kier alpha value is -2.75. The molecule has 0 spiro atoms. The van der Waals surface area contributed by atoms with Crippen LogP contribution in [0.15, 0.2) is 30.3 Å². The number of benzene rings is 2. The van der Waals surface area contributed by atoms with Gasteiger partial charge in [-0.2, -0.15) is 13.2 Å². The Balaban J connectivity index is 1.47. The number of hydrogen-bond donors (Lipinski definition) is 2. The fourth-order valence-electron chi connectivity index (χ4n) is 3.77. The molecule has 1 saturated carbocycles. The number of carbonyl (C=O) groups excluding carboxylic acids is 2. The van der Waals surface area contributed by atoms with Gasteiger partial charge in [0.25, 0.3) is 0 Å². The maximum Gasteiger partial charge on any atom is 0.471 e. The summed E-state index contributed by atoms with van der Waals surface area (Å²) in [5.74, 6) is -3.18. The van der Waals surface area contributed by atoms with Crippen LogP contribution in [-0.4, -0.2) is 29.0 Å². The molecule has 4 rings (SSSR count). The van der Waals surface area contributed by atoms with Gasteiger partial charge >= 0.3 is 12.1 Å². The number of aromatic nitrogens is 1. The second-order valence-electron chi connectivity index (χ2n) is 7.32. The number of hydrogen-bond acceptors (Lipinski definition) is 4. The third-order valence-electron chi connectivity index (χ3n) is 5.20. The highest BCUT2D eigenvalue weighted by Crippen LogP contribution is 2.34. The van der Waals surface area contributed by atoms with Crippen molar-refractivity contribution < 1.29 is 27.2 Å². The lowest BCUT2D eigenvalue weighted by Crippen LogP contribution is -2.46. The number of rotatable bonds is 3. The Bertz CT molecular complexity index is 1130. The smallest absolute Gasteiger partial charge is 0.346 e. The standard InChI is InChI=1S/C20H17F4N3O2S/c21-12-5-6-14-10(8-12)4-7-15-16(14)30-19(26-15)27-17(28)11-2-1-3-13(9-11)25-18(29)20(22,23)24/h4-8,11,13H,1-3,9H2,(H,25,29)(H,26,27,28)/t11-,13-/m0/s1. The highest BCUT2D eigenvalue weighted by molar-refractivity contribution is 7.23. The first-order valence-corrected chi connectivity index (χ1v) is 10.2. The second kappa shape index (κ2) is 7.82. The number of amides is 2. The van der Waals surface area contributed by atoms with Gasteiger partial charge in [0.05, 0.1) is 10.2 Å². The van der Waals surface area contributed by atoms with E-state index in [9.17, 15) is 27.2 Å². The van der Waals surface area contributed by atoms with Gasteiger partial charge in [-0.25, -0.2) is 9.37 Å². The lowest BCUT2D eigenvalue weighted by atomic mass is 9.85. The van der Waals surface area contributed by atoms with Crippen molar-refractivity contribution in [1.29, 1.82) is 0 Å². The van der Waals surface area contributed by atoms with Gasteiger partial charge in [-0.3, -0.25) is 9.59 Å². The van der Waals surface area contributed by atoms with Gasteiger partial charge in [0.2, 0.25) is 5.91 Å². The van der Waals surface area contributed by atoms with Crippen LogP contribution in [-0.2, 0) is 9.59 Å². The van der Waals surface area contributed by atoms with Gasteiger partial charge < -0.3 is 10.6 Å². The minimum absolute atomic E-state index is 0.140. The van der Waals surface area contributed by atoms with E-state index in [4.69, 9.17) is 0 Å². The van der Waals surface area contributed by atoms with Crippen LogP contribution in [0.3, 0.4) is 0 Å². The zero-order valence-corrected chi connectivity index (χ0v) is 16.4. The molecule has 0 radical (unpaired) electrons. The van der Waals surface area contributed by atoms with Crippen molar-refractivity contribution in [2.75, 3.05) is 5.32 Å². The third kappa shape index (κ3) is 4.23. The first kappa shape index (κ1) is 20.5. The van der Waals surface area contributed by atoms with Crippen LogP contribution in [0.4, 0.5) is 22.7 Å². The topological polar surface area (TPSA) is 71.1 Å².